The van der Waals surface area contributed by atoms with Crippen molar-refractivity contribution in [2.45, 2.75) is 25.3 Å². The van der Waals surface area contributed by atoms with E-state index >= 15 is 0 Å². The molecule has 1 aromatic heterocycles. The van der Waals surface area contributed by atoms with Crippen LogP contribution in [0.3, 0.4) is 0 Å². The second-order valence-electron chi connectivity index (χ2n) is 4.88. The van der Waals surface area contributed by atoms with Crippen molar-refractivity contribution in [1.29, 1.82) is 0 Å². The molecule has 92 valence electrons. The predicted molar refractivity (Wildman–Crippen MR) is 75.0 cm³/mol. The summed E-state index contributed by atoms with van der Waals surface area (Å²) in [7, 11) is 0. The Labute approximate surface area is 115 Å². The van der Waals surface area contributed by atoms with Gasteiger partial charge in [-0.3, -0.25) is 0 Å². The van der Waals surface area contributed by atoms with Crippen molar-refractivity contribution >= 4 is 15.9 Å². The molecular weight excluding hydrogens is 290 g/mol. The van der Waals surface area contributed by atoms with Crippen LogP contribution in [0.1, 0.15) is 24.2 Å². The van der Waals surface area contributed by atoms with Crippen molar-refractivity contribution in [3.05, 3.63) is 46.3 Å². The molecule has 3 rings (SSSR count). The molecular formula is C14H14BrN3. The SMILES string of the molecule is Cc1ccc(Br)cc1-c1ccnc(C2(N)CC2)n1. The molecule has 1 aromatic carbocycles. The van der Waals surface area contributed by atoms with Crippen LogP contribution >= 0.6 is 15.9 Å². The number of aromatic nitrogens is 2. The van der Waals surface area contributed by atoms with Crippen LogP contribution < -0.4 is 5.73 Å². The molecule has 4 heteroatoms. The largest absolute Gasteiger partial charge is 0.319 e. The Hall–Kier alpha value is -1.26. The zero-order valence-electron chi connectivity index (χ0n) is 10.2. The van der Waals surface area contributed by atoms with Crippen molar-refractivity contribution in [3.8, 4) is 11.3 Å². The fourth-order valence-corrected chi connectivity index (χ4v) is 2.34. The third kappa shape index (κ3) is 2.06. The van der Waals surface area contributed by atoms with Crippen molar-refractivity contribution in [1.82, 2.24) is 9.97 Å². The van der Waals surface area contributed by atoms with E-state index < -0.39 is 0 Å². The fourth-order valence-electron chi connectivity index (χ4n) is 1.98. The first-order valence-electron chi connectivity index (χ1n) is 5.97. The second kappa shape index (κ2) is 4.14. The molecule has 0 amide bonds. The van der Waals surface area contributed by atoms with Gasteiger partial charge in [-0.1, -0.05) is 22.0 Å². The molecule has 3 nitrogen and oxygen atoms in total. The summed E-state index contributed by atoms with van der Waals surface area (Å²) in [6.07, 6.45) is 3.76. The Morgan fingerprint density at radius 1 is 1.28 bits per heavy atom. The Morgan fingerprint density at radius 3 is 2.78 bits per heavy atom. The van der Waals surface area contributed by atoms with Crippen LogP contribution in [0.15, 0.2) is 34.9 Å². The number of nitrogens with two attached hydrogens (primary N) is 1. The molecule has 1 fully saturated rings. The van der Waals surface area contributed by atoms with Gasteiger partial charge in [0, 0.05) is 16.2 Å². The smallest absolute Gasteiger partial charge is 0.148 e. The summed E-state index contributed by atoms with van der Waals surface area (Å²) >= 11 is 3.50. The highest BCUT2D eigenvalue weighted by atomic mass is 79.9. The third-order valence-corrected chi connectivity index (χ3v) is 3.86. The first kappa shape index (κ1) is 11.8. The van der Waals surface area contributed by atoms with E-state index in [4.69, 9.17) is 5.73 Å². The van der Waals surface area contributed by atoms with Gasteiger partial charge in [0.2, 0.25) is 0 Å². The second-order valence-corrected chi connectivity index (χ2v) is 5.80. The minimum Gasteiger partial charge on any atom is -0.319 e. The summed E-state index contributed by atoms with van der Waals surface area (Å²) < 4.78 is 1.05. The van der Waals surface area contributed by atoms with E-state index in [0.29, 0.717) is 0 Å². The first-order chi connectivity index (χ1) is 8.58. The van der Waals surface area contributed by atoms with Crippen molar-refractivity contribution in [3.63, 3.8) is 0 Å². The molecule has 1 heterocycles. The summed E-state index contributed by atoms with van der Waals surface area (Å²) in [4.78, 5) is 8.92. The van der Waals surface area contributed by atoms with Crippen LogP contribution in [-0.2, 0) is 5.54 Å². The monoisotopic (exact) mass is 303 g/mol. The molecule has 0 atom stereocenters. The van der Waals surface area contributed by atoms with E-state index in [1.54, 1.807) is 6.20 Å². The van der Waals surface area contributed by atoms with E-state index in [-0.39, 0.29) is 5.54 Å². The Morgan fingerprint density at radius 2 is 2.06 bits per heavy atom. The van der Waals surface area contributed by atoms with E-state index in [1.807, 2.05) is 12.1 Å². The lowest BCUT2D eigenvalue weighted by atomic mass is 10.1. The normalized spacial score (nSPS) is 16.6. The third-order valence-electron chi connectivity index (χ3n) is 3.37. The topological polar surface area (TPSA) is 51.8 Å². The number of hydrogen-bond donors (Lipinski definition) is 1. The number of hydrogen-bond acceptors (Lipinski definition) is 3. The number of benzene rings is 1. The quantitative estimate of drug-likeness (QED) is 0.927. The molecule has 2 N–H and O–H groups in total. The molecule has 1 aliphatic rings. The molecule has 0 unspecified atom stereocenters. The van der Waals surface area contributed by atoms with Crippen LogP contribution in [0.5, 0.6) is 0 Å². The lowest BCUT2D eigenvalue weighted by molar-refractivity contribution is 0.673. The lowest BCUT2D eigenvalue weighted by Crippen LogP contribution is -2.22. The molecule has 1 saturated carbocycles. The van der Waals surface area contributed by atoms with Gasteiger partial charge in [-0.05, 0) is 43.5 Å². The molecule has 1 aliphatic carbocycles. The lowest BCUT2D eigenvalue weighted by Gasteiger charge is -2.10. The number of halogens is 1. The van der Waals surface area contributed by atoms with Crippen LogP contribution in [0.2, 0.25) is 0 Å². The van der Waals surface area contributed by atoms with E-state index in [0.717, 1.165) is 34.4 Å². The van der Waals surface area contributed by atoms with E-state index in [1.165, 1.54) is 5.56 Å². The molecule has 2 aromatic rings. The van der Waals surface area contributed by atoms with Crippen molar-refractivity contribution in [2.75, 3.05) is 0 Å². The van der Waals surface area contributed by atoms with Crippen LogP contribution in [0.25, 0.3) is 11.3 Å². The van der Waals surface area contributed by atoms with Gasteiger partial charge >= 0.3 is 0 Å². The molecule has 18 heavy (non-hydrogen) atoms. The molecule has 0 saturated heterocycles. The maximum atomic E-state index is 6.15. The summed E-state index contributed by atoms with van der Waals surface area (Å²) in [5.41, 5.74) is 9.13. The highest BCUT2D eigenvalue weighted by Crippen LogP contribution is 2.41. The maximum absolute atomic E-state index is 6.15. The van der Waals surface area contributed by atoms with Gasteiger partial charge in [0.15, 0.2) is 0 Å². The van der Waals surface area contributed by atoms with Gasteiger partial charge in [-0.15, -0.1) is 0 Å². The first-order valence-corrected chi connectivity index (χ1v) is 6.77. The maximum Gasteiger partial charge on any atom is 0.148 e. The molecule has 0 radical (unpaired) electrons. The summed E-state index contributed by atoms with van der Waals surface area (Å²) in [6.45, 7) is 2.08. The van der Waals surface area contributed by atoms with Gasteiger partial charge in [0.1, 0.15) is 5.82 Å². The van der Waals surface area contributed by atoms with Crippen LogP contribution in [0.4, 0.5) is 0 Å². The van der Waals surface area contributed by atoms with Gasteiger partial charge < -0.3 is 5.73 Å². The highest BCUT2D eigenvalue weighted by molar-refractivity contribution is 9.10. The minimum atomic E-state index is -0.282. The average molecular weight is 304 g/mol. The molecule has 0 aliphatic heterocycles. The number of aryl methyl sites for hydroxylation is 1. The van der Waals surface area contributed by atoms with Crippen molar-refractivity contribution in [2.24, 2.45) is 5.73 Å². The molecule has 0 bridgehead atoms. The number of nitrogens with zero attached hydrogens (tertiary/aromatic N) is 2. The Balaban J connectivity index is 2.09. The number of rotatable bonds is 2. The van der Waals surface area contributed by atoms with E-state index in [2.05, 4.69) is 45.0 Å². The summed E-state index contributed by atoms with van der Waals surface area (Å²) in [5.74, 6) is 0.763. The van der Waals surface area contributed by atoms with Gasteiger partial charge in [0.05, 0.1) is 11.2 Å². The average Bonchev–Trinajstić information content (AvgIpc) is 3.12. The Bertz CT molecular complexity index is 606. The fraction of sp³-hybridized carbons (Fsp3) is 0.286. The van der Waals surface area contributed by atoms with Crippen molar-refractivity contribution < 1.29 is 0 Å². The van der Waals surface area contributed by atoms with Crippen LogP contribution in [-0.4, -0.2) is 9.97 Å². The zero-order valence-corrected chi connectivity index (χ0v) is 11.7. The van der Waals surface area contributed by atoms with Crippen LogP contribution in [0, 0.1) is 6.92 Å². The molecule has 0 spiro atoms. The van der Waals surface area contributed by atoms with E-state index in [9.17, 15) is 0 Å². The Kier molecular flexibility index (Phi) is 2.72. The standard InChI is InChI=1S/C14H14BrN3/c1-9-2-3-10(15)8-11(9)12-4-7-17-13(18-12)14(16)5-6-14/h2-4,7-8H,5-6,16H2,1H3. The predicted octanol–water partition coefficient (Wildman–Crippen LogP) is 3.16. The van der Waals surface area contributed by atoms with Gasteiger partial charge in [-0.2, -0.15) is 0 Å². The summed E-state index contributed by atoms with van der Waals surface area (Å²) in [5, 5.41) is 0. The van der Waals surface area contributed by atoms with Gasteiger partial charge in [0.25, 0.3) is 0 Å². The highest BCUT2D eigenvalue weighted by Gasteiger charge is 2.43. The minimum absolute atomic E-state index is 0.282. The zero-order chi connectivity index (χ0) is 12.8. The van der Waals surface area contributed by atoms with Gasteiger partial charge in [-0.25, -0.2) is 9.97 Å². The summed E-state index contributed by atoms with van der Waals surface area (Å²) in [6, 6.07) is 8.13.